The number of phenols is 1. The van der Waals surface area contributed by atoms with E-state index >= 15 is 0 Å². The molecule has 1 saturated heterocycles. The van der Waals surface area contributed by atoms with Crippen LogP contribution in [0.3, 0.4) is 0 Å². The zero-order chi connectivity index (χ0) is 15.6. The molecule has 6 nitrogen and oxygen atoms in total. The van der Waals surface area contributed by atoms with Crippen molar-refractivity contribution in [3.8, 4) is 5.75 Å². The number of aromatic hydroxyl groups is 1. The molecule has 114 valence electrons. The van der Waals surface area contributed by atoms with Gasteiger partial charge in [0.25, 0.3) is 5.91 Å². The predicted octanol–water partition coefficient (Wildman–Crippen LogP) is 1.24. The lowest BCUT2D eigenvalue weighted by molar-refractivity contribution is -0.132. The van der Waals surface area contributed by atoms with Crippen molar-refractivity contribution >= 4 is 17.7 Å². The van der Waals surface area contributed by atoms with E-state index in [-0.39, 0.29) is 18.8 Å². The van der Waals surface area contributed by atoms with Gasteiger partial charge in [-0.25, -0.2) is 9.18 Å². The average Bonchev–Trinajstić information content (AvgIpc) is 2.80. The fraction of sp³-hybridized carbons (Fsp3) is 0.333. The molecule has 2 rings (SSSR count). The third-order valence-corrected chi connectivity index (χ3v) is 2.82. The van der Waals surface area contributed by atoms with E-state index in [1.165, 1.54) is 6.07 Å². The van der Waals surface area contributed by atoms with Crippen LogP contribution in [0.1, 0.15) is 0 Å². The molecule has 2 N–H and O–H groups in total. The minimum absolute atomic E-state index is 0.0352. The number of rotatable bonds is 4. The number of cyclic esters (lactones) is 1. The molecule has 0 spiro atoms. The van der Waals surface area contributed by atoms with Gasteiger partial charge in [0.05, 0.1) is 18.8 Å². The van der Waals surface area contributed by atoms with Crippen LogP contribution in [0.2, 0.25) is 0 Å². The number of hydrogen-bond acceptors (Lipinski definition) is 4. The van der Waals surface area contributed by atoms with E-state index < -0.39 is 36.1 Å². The molecule has 2 amide bonds. The van der Waals surface area contributed by atoms with Crippen molar-refractivity contribution in [2.45, 2.75) is 12.5 Å². The Morgan fingerprint density at radius 1 is 1.52 bits per heavy atom. The topological polar surface area (TPSA) is 78.9 Å². The Hall–Kier alpha value is -2.45. The van der Waals surface area contributed by atoms with Crippen LogP contribution < -0.4 is 10.2 Å². The Morgan fingerprint density at radius 3 is 2.86 bits per heavy atom. The number of nitrogens with one attached hydrogen (secondary N) is 1. The van der Waals surface area contributed by atoms with Crippen molar-refractivity contribution in [3.63, 3.8) is 0 Å². The minimum atomic E-state index is -3.15. The van der Waals surface area contributed by atoms with Crippen LogP contribution in [0, 0.1) is 5.82 Å². The lowest BCUT2D eigenvalue weighted by Gasteiger charge is -2.13. The summed E-state index contributed by atoms with van der Waals surface area (Å²) in [5.74, 6) is -2.93. The lowest BCUT2D eigenvalue weighted by Crippen LogP contribution is -2.37. The van der Waals surface area contributed by atoms with Gasteiger partial charge < -0.3 is 15.2 Å². The zero-order valence-electron chi connectivity index (χ0n) is 10.6. The molecule has 21 heavy (non-hydrogen) atoms. The molecule has 0 radical (unpaired) electrons. The Kier molecular flexibility index (Phi) is 4.20. The molecule has 0 bridgehead atoms. The van der Waals surface area contributed by atoms with Gasteiger partial charge in [0.15, 0.2) is 11.6 Å². The van der Waals surface area contributed by atoms with Crippen LogP contribution in [-0.4, -0.2) is 42.7 Å². The third kappa shape index (κ3) is 3.36. The molecule has 1 aromatic rings. The third-order valence-electron chi connectivity index (χ3n) is 2.82. The molecule has 0 saturated carbocycles. The van der Waals surface area contributed by atoms with Crippen molar-refractivity contribution in [1.29, 1.82) is 0 Å². The van der Waals surface area contributed by atoms with E-state index in [0.29, 0.717) is 0 Å². The van der Waals surface area contributed by atoms with E-state index in [9.17, 15) is 22.8 Å². The van der Waals surface area contributed by atoms with Crippen molar-refractivity contribution in [3.05, 3.63) is 24.0 Å². The number of halogens is 3. The first-order chi connectivity index (χ1) is 9.88. The fourth-order valence-electron chi connectivity index (χ4n) is 1.79. The molecule has 0 aliphatic carbocycles. The molecule has 1 aliphatic heterocycles. The van der Waals surface area contributed by atoms with Crippen LogP contribution in [0.5, 0.6) is 5.75 Å². The van der Waals surface area contributed by atoms with Crippen LogP contribution >= 0.6 is 0 Å². The summed E-state index contributed by atoms with van der Waals surface area (Å²) in [4.78, 5) is 23.4. The minimum Gasteiger partial charge on any atom is -0.505 e. The number of carbonyl (C=O) groups is 2. The van der Waals surface area contributed by atoms with E-state index in [0.717, 1.165) is 17.0 Å². The smallest absolute Gasteiger partial charge is 0.414 e. The number of amides is 2. The highest BCUT2D eigenvalue weighted by atomic mass is 19.3. The SMILES string of the molecule is O=C(NC[C@H]1CN(c2ccc(O)c(F)c2)C(=O)O1)C(F)F. The van der Waals surface area contributed by atoms with Crippen LogP contribution in [0.15, 0.2) is 18.2 Å². The number of anilines is 1. The maximum Gasteiger partial charge on any atom is 0.414 e. The standard InChI is InChI=1S/C12H11F3N2O4/c13-8-3-6(1-2-9(8)18)17-5-7(21-12(17)20)4-16-11(19)10(14)15/h1-3,7,10,18H,4-5H2,(H,16,19)/t7-/m0/s1. The highest BCUT2D eigenvalue weighted by molar-refractivity contribution is 5.90. The number of carbonyl (C=O) groups excluding carboxylic acids is 2. The van der Waals surface area contributed by atoms with Crippen molar-refractivity contribution < 1.29 is 32.6 Å². The molecule has 0 aromatic heterocycles. The van der Waals surface area contributed by atoms with Crippen molar-refractivity contribution in [2.24, 2.45) is 0 Å². The van der Waals surface area contributed by atoms with Crippen LogP contribution in [-0.2, 0) is 9.53 Å². The Morgan fingerprint density at radius 2 is 2.24 bits per heavy atom. The number of alkyl halides is 2. The summed E-state index contributed by atoms with van der Waals surface area (Å²) in [6, 6.07) is 3.32. The molecule has 9 heteroatoms. The molecular formula is C12H11F3N2O4. The van der Waals surface area contributed by atoms with E-state index in [1.54, 1.807) is 0 Å². The first kappa shape index (κ1) is 14.9. The van der Waals surface area contributed by atoms with Gasteiger partial charge in [-0.15, -0.1) is 0 Å². The fourth-order valence-corrected chi connectivity index (χ4v) is 1.79. The Bertz CT molecular complexity index is 567. The van der Waals surface area contributed by atoms with Gasteiger partial charge >= 0.3 is 12.5 Å². The van der Waals surface area contributed by atoms with Crippen molar-refractivity contribution in [2.75, 3.05) is 18.0 Å². The second-order valence-corrected chi connectivity index (χ2v) is 4.30. The maximum absolute atomic E-state index is 13.2. The molecule has 1 heterocycles. The van der Waals surface area contributed by atoms with Gasteiger partial charge in [-0.2, -0.15) is 8.78 Å². The van der Waals surface area contributed by atoms with Gasteiger partial charge in [0, 0.05) is 6.07 Å². The summed E-state index contributed by atoms with van der Waals surface area (Å²) >= 11 is 0. The molecule has 1 aromatic carbocycles. The molecular weight excluding hydrogens is 293 g/mol. The summed E-state index contributed by atoms with van der Waals surface area (Å²) in [5.41, 5.74) is 0.151. The predicted molar refractivity (Wildman–Crippen MR) is 64.7 cm³/mol. The van der Waals surface area contributed by atoms with Gasteiger partial charge in [-0.1, -0.05) is 0 Å². The summed E-state index contributed by atoms with van der Waals surface area (Å²) in [5, 5.41) is 11.0. The second kappa shape index (κ2) is 5.90. The van der Waals surface area contributed by atoms with E-state index in [1.807, 2.05) is 5.32 Å². The van der Waals surface area contributed by atoms with Crippen LogP contribution in [0.25, 0.3) is 0 Å². The monoisotopic (exact) mass is 304 g/mol. The van der Waals surface area contributed by atoms with Gasteiger partial charge in [0.1, 0.15) is 6.10 Å². The molecule has 1 atom stereocenters. The Labute approximate surface area is 117 Å². The maximum atomic E-state index is 13.2. The normalized spacial score (nSPS) is 18.0. The summed E-state index contributed by atoms with van der Waals surface area (Å²) in [6.07, 6.45) is -4.77. The quantitative estimate of drug-likeness (QED) is 0.877. The highest BCUT2D eigenvalue weighted by Gasteiger charge is 2.33. The first-order valence-corrected chi connectivity index (χ1v) is 5.91. The number of hydrogen-bond donors (Lipinski definition) is 2. The largest absolute Gasteiger partial charge is 0.505 e. The van der Waals surface area contributed by atoms with E-state index in [2.05, 4.69) is 0 Å². The molecule has 0 unspecified atom stereocenters. The average molecular weight is 304 g/mol. The second-order valence-electron chi connectivity index (χ2n) is 4.30. The summed E-state index contributed by atoms with van der Waals surface area (Å²) < 4.78 is 42.1. The first-order valence-electron chi connectivity index (χ1n) is 5.91. The van der Waals surface area contributed by atoms with E-state index in [4.69, 9.17) is 9.84 Å². The Balaban J connectivity index is 1.99. The molecule has 1 fully saturated rings. The number of ether oxygens (including phenoxy) is 1. The summed E-state index contributed by atoms with van der Waals surface area (Å²) in [6.45, 7) is -0.307. The van der Waals surface area contributed by atoms with Crippen LogP contribution in [0.4, 0.5) is 23.7 Å². The number of benzene rings is 1. The lowest BCUT2D eigenvalue weighted by atomic mass is 10.2. The number of nitrogens with zero attached hydrogens (tertiary/aromatic N) is 1. The van der Waals surface area contributed by atoms with Crippen molar-refractivity contribution in [1.82, 2.24) is 5.32 Å². The number of phenolic OH excluding ortho intramolecular Hbond substituents is 1. The molecule has 1 aliphatic rings. The summed E-state index contributed by atoms with van der Waals surface area (Å²) in [7, 11) is 0. The zero-order valence-corrected chi connectivity index (χ0v) is 10.6. The highest BCUT2D eigenvalue weighted by Crippen LogP contribution is 2.26. The van der Waals surface area contributed by atoms with Gasteiger partial charge in [0.2, 0.25) is 0 Å². The van der Waals surface area contributed by atoms with Gasteiger partial charge in [-0.05, 0) is 12.1 Å². The van der Waals surface area contributed by atoms with Gasteiger partial charge in [-0.3, -0.25) is 9.69 Å².